The van der Waals surface area contributed by atoms with Gasteiger partial charge in [-0.2, -0.15) is 0 Å². The van der Waals surface area contributed by atoms with Gasteiger partial charge in [0.15, 0.2) is 0 Å². The lowest BCUT2D eigenvalue weighted by Gasteiger charge is -2.15. The lowest BCUT2D eigenvalue weighted by Crippen LogP contribution is -2.24. The van der Waals surface area contributed by atoms with Crippen molar-refractivity contribution in [2.45, 2.75) is 19.1 Å². The minimum Gasteiger partial charge on any atom is -0.422 e. The second-order valence-electron chi connectivity index (χ2n) is 3.82. The van der Waals surface area contributed by atoms with E-state index in [9.17, 15) is 9.90 Å². The van der Waals surface area contributed by atoms with E-state index in [1.165, 1.54) is 6.07 Å². The number of fused-ring (bicyclic) bond motifs is 1. The van der Waals surface area contributed by atoms with Gasteiger partial charge >= 0.3 is 5.63 Å². The Balaban J connectivity index is 2.69. The van der Waals surface area contributed by atoms with Crippen molar-refractivity contribution in [3.05, 3.63) is 46.3 Å². The van der Waals surface area contributed by atoms with Crippen molar-refractivity contribution in [3.8, 4) is 0 Å². The summed E-state index contributed by atoms with van der Waals surface area (Å²) in [4.78, 5) is 11.1. The molecule has 1 aromatic carbocycles. The minimum atomic E-state index is -0.839. The molecule has 16 heavy (non-hydrogen) atoms. The van der Waals surface area contributed by atoms with Gasteiger partial charge in [0, 0.05) is 23.1 Å². The van der Waals surface area contributed by atoms with Crippen LogP contribution in [0.3, 0.4) is 0 Å². The van der Waals surface area contributed by atoms with E-state index in [2.05, 4.69) is 0 Å². The molecule has 0 bridgehead atoms. The molecule has 4 nitrogen and oxygen atoms in total. The lowest BCUT2D eigenvalue weighted by molar-refractivity contribution is 0.153. The zero-order valence-corrected chi connectivity index (χ0v) is 8.88. The van der Waals surface area contributed by atoms with Gasteiger partial charge in [-0.05, 0) is 13.0 Å². The number of hydrogen-bond donors (Lipinski definition) is 2. The largest absolute Gasteiger partial charge is 0.422 e. The first-order chi connectivity index (χ1) is 7.59. The van der Waals surface area contributed by atoms with Gasteiger partial charge in [0.1, 0.15) is 5.58 Å². The van der Waals surface area contributed by atoms with Gasteiger partial charge in [0.05, 0.1) is 6.10 Å². The molecule has 2 atom stereocenters. The number of benzene rings is 1. The van der Waals surface area contributed by atoms with E-state index in [0.717, 1.165) is 5.39 Å². The molecule has 0 saturated carbocycles. The summed E-state index contributed by atoms with van der Waals surface area (Å²) >= 11 is 0. The molecule has 1 aromatic heterocycles. The molecule has 2 aromatic rings. The summed E-state index contributed by atoms with van der Waals surface area (Å²) in [6.45, 7) is 1.70. The lowest BCUT2D eigenvalue weighted by atomic mass is 10.0. The maximum Gasteiger partial charge on any atom is 0.336 e. The summed E-state index contributed by atoms with van der Waals surface area (Å²) in [6, 6.07) is 7.91. The average Bonchev–Trinajstić information content (AvgIpc) is 2.27. The van der Waals surface area contributed by atoms with Crippen LogP contribution < -0.4 is 11.4 Å². The zero-order valence-electron chi connectivity index (χ0n) is 8.88. The molecule has 0 aliphatic carbocycles. The maximum absolute atomic E-state index is 11.1. The Hall–Kier alpha value is -1.65. The summed E-state index contributed by atoms with van der Waals surface area (Å²) in [5.74, 6) is 0. The summed E-state index contributed by atoms with van der Waals surface area (Å²) < 4.78 is 5.09. The molecule has 0 aliphatic heterocycles. The van der Waals surface area contributed by atoms with Crippen LogP contribution in [0.1, 0.15) is 18.6 Å². The van der Waals surface area contributed by atoms with Crippen molar-refractivity contribution < 1.29 is 9.52 Å². The molecule has 0 fully saturated rings. The topological polar surface area (TPSA) is 76.5 Å². The Kier molecular flexibility index (Phi) is 2.77. The summed E-state index contributed by atoms with van der Waals surface area (Å²) in [7, 11) is 0. The Morgan fingerprint density at radius 3 is 2.75 bits per heavy atom. The van der Waals surface area contributed by atoms with E-state index in [0.29, 0.717) is 11.1 Å². The Labute approximate surface area is 92.3 Å². The Morgan fingerprint density at radius 1 is 1.31 bits per heavy atom. The molecule has 0 saturated heterocycles. The van der Waals surface area contributed by atoms with Crippen LogP contribution in [-0.2, 0) is 0 Å². The van der Waals surface area contributed by atoms with Crippen LogP contribution in [-0.4, -0.2) is 11.1 Å². The molecule has 0 amide bonds. The first kappa shape index (κ1) is 10.9. The smallest absolute Gasteiger partial charge is 0.336 e. The number of aliphatic hydroxyl groups excluding tert-OH is 1. The predicted octanol–water partition coefficient (Wildman–Crippen LogP) is 1.17. The molecule has 2 unspecified atom stereocenters. The van der Waals surface area contributed by atoms with Gasteiger partial charge < -0.3 is 15.3 Å². The normalized spacial score (nSPS) is 14.9. The van der Waals surface area contributed by atoms with Crippen LogP contribution in [0.25, 0.3) is 11.0 Å². The van der Waals surface area contributed by atoms with Crippen LogP contribution in [0, 0.1) is 0 Å². The van der Waals surface area contributed by atoms with Crippen LogP contribution in [0.5, 0.6) is 0 Å². The number of rotatable bonds is 2. The van der Waals surface area contributed by atoms with Gasteiger partial charge in [0.2, 0.25) is 0 Å². The molecule has 0 radical (unpaired) electrons. The standard InChI is InChI=1S/C12H13NO3/c1-7(13)11(15)9-4-2-3-8-5-6-10(14)16-12(8)9/h2-7,11,15H,13H2,1H3. The van der Waals surface area contributed by atoms with E-state index < -0.39 is 17.8 Å². The van der Waals surface area contributed by atoms with Crippen molar-refractivity contribution in [1.29, 1.82) is 0 Å². The van der Waals surface area contributed by atoms with Gasteiger partial charge in [-0.1, -0.05) is 18.2 Å². The van der Waals surface area contributed by atoms with Crippen molar-refractivity contribution in [1.82, 2.24) is 0 Å². The predicted molar refractivity (Wildman–Crippen MR) is 61.1 cm³/mol. The zero-order chi connectivity index (χ0) is 11.7. The molecule has 0 aliphatic rings. The third-order valence-electron chi connectivity index (χ3n) is 2.49. The highest BCUT2D eigenvalue weighted by Crippen LogP contribution is 2.24. The quantitative estimate of drug-likeness (QED) is 0.743. The fourth-order valence-corrected chi connectivity index (χ4v) is 1.63. The van der Waals surface area contributed by atoms with Gasteiger partial charge in [-0.15, -0.1) is 0 Å². The van der Waals surface area contributed by atoms with Crippen molar-refractivity contribution in [3.63, 3.8) is 0 Å². The van der Waals surface area contributed by atoms with E-state index >= 15 is 0 Å². The second-order valence-corrected chi connectivity index (χ2v) is 3.82. The molecular weight excluding hydrogens is 206 g/mol. The molecular formula is C12H13NO3. The van der Waals surface area contributed by atoms with E-state index in [-0.39, 0.29) is 0 Å². The number of para-hydroxylation sites is 1. The van der Waals surface area contributed by atoms with Gasteiger partial charge in [-0.25, -0.2) is 4.79 Å². The molecule has 0 spiro atoms. The summed E-state index contributed by atoms with van der Waals surface area (Å²) in [6.07, 6.45) is -0.839. The van der Waals surface area contributed by atoms with Crippen molar-refractivity contribution in [2.24, 2.45) is 5.73 Å². The fourth-order valence-electron chi connectivity index (χ4n) is 1.63. The number of nitrogens with two attached hydrogens (primary N) is 1. The Morgan fingerprint density at radius 2 is 2.06 bits per heavy atom. The summed E-state index contributed by atoms with van der Waals surface area (Å²) in [5.41, 5.74) is 6.14. The molecule has 2 rings (SSSR count). The molecule has 1 heterocycles. The SMILES string of the molecule is CC(N)C(O)c1cccc2ccc(=O)oc12. The third-order valence-corrected chi connectivity index (χ3v) is 2.49. The maximum atomic E-state index is 11.1. The molecule has 4 heteroatoms. The first-order valence-corrected chi connectivity index (χ1v) is 5.06. The first-order valence-electron chi connectivity index (χ1n) is 5.06. The number of aliphatic hydroxyl groups is 1. The third kappa shape index (κ3) is 1.85. The second kappa shape index (κ2) is 4.08. The monoisotopic (exact) mass is 219 g/mol. The van der Waals surface area contributed by atoms with Crippen LogP contribution in [0.15, 0.2) is 39.5 Å². The van der Waals surface area contributed by atoms with Gasteiger partial charge in [-0.3, -0.25) is 0 Å². The average molecular weight is 219 g/mol. The highest BCUT2D eigenvalue weighted by atomic mass is 16.4. The highest BCUT2D eigenvalue weighted by molar-refractivity contribution is 5.79. The van der Waals surface area contributed by atoms with E-state index in [1.54, 1.807) is 25.1 Å². The summed E-state index contributed by atoms with van der Waals surface area (Å²) in [5, 5.41) is 10.7. The molecule has 3 N–H and O–H groups in total. The highest BCUT2D eigenvalue weighted by Gasteiger charge is 2.16. The fraction of sp³-hybridized carbons (Fsp3) is 0.250. The molecule has 84 valence electrons. The van der Waals surface area contributed by atoms with Crippen LogP contribution >= 0.6 is 0 Å². The minimum absolute atomic E-state index is 0.403. The van der Waals surface area contributed by atoms with Gasteiger partial charge in [0.25, 0.3) is 0 Å². The van der Waals surface area contributed by atoms with Crippen LogP contribution in [0.4, 0.5) is 0 Å². The Bertz CT molecular complexity index is 559. The van der Waals surface area contributed by atoms with Crippen molar-refractivity contribution >= 4 is 11.0 Å². The number of hydrogen-bond acceptors (Lipinski definition) is 4. The van der Waals surface area contributed by atoms with Crippen LogP contribution in [0.2, 0.25) is 0 Å². The van der Waals surface area contributed by atoms with Crippen molar-refractivity contribution in [2.75, 3.05) is 0 Å². The van der Waals surface area contributed by atoms with E-state index in [1.807, 2.05) is 6.07 Å². The van der Waals surface area contributed by atoms with E-state index in [4.69, 9.17) is 10.2 Å².